The number of ether oxygens (including phenoxy) is 1. The molecule has 2 aromatic carbocycles. The summed E-state index contributed by atoms with van der Waals surface area (Å²) in [6, 6.07) is 11.6. The van der Waals surface area contributed by atoms with Gasteiger partial charge in [-0.15, -0.1) is 0 Å². The minimum atomic E-state index is -0.591. The van der Waals surface area contributed by atoms with Gasteiger partial charge in [-0.3, -0.25) is 9.59 Å². The Balaban J connectivity index is 1.40. The largest absolute Gasteiger partial charge is 0.373 e. The molecule has 1 aliphatic heterocycles. The van der Waals surface area contributed by atoms with E-state index >= 15 is 0 Å². The highest BCUT2D eigenvalue weighted by molar-refractivity contribution is 5.95. The third-order valence-corrected chi connectivity index (χ3v) is 6.31. The van der Waals surface area contributed by atoms with E-state index in [0.717, 1.165) is 23.1 Å². The van der Waals surface area contributed by atoms with E-state index < -0.39 is 11.7 Å². The van der Waals surface area contributed by atoms with E-state index in [1.807, 2.05) is 19.1 Å². The maximum Gasteiger partial charge on any atom is 0.272 e. The van der Waals surface area contributed by atoms with Crippen molar-refractivity contribution in [3.63, 3.8) is 0 Å². The van der Waals surface area contributed by atoms with Crippen molar-refractivity contribution in [2.75, 3.05) is 7.11 Å². The second-order valence-electron chi connectivity index (χ2n) is 8.53. The van der Waals surface area contributed by atoms with Crippen LogP contribution in [0.3, 0.4) is 0 Å². The molecule has 2 aromatic heterocycles. The first kappa shape index (κ1) is 22.8. The van der Waals surface area contributed by atoms with Crippen molar-refractivity contribution in [3.8, 4) is 0 Å². The average Bonchev–Trinajstić information content (AvgIpc) is 3.31. The highest BCUT2D eigenvalue weighted by atomic mass is 19.1. The lowest BCUT2D eigenvalue weighted by Crippen LogP contribution is -2.26. The summed E-state index contributed by atoms with van der Waals surface area (Å²) in [6.45, 7) is 2.58. The first-order valence-electron chi connectivity index (χ1n) is 11.4. The highest BCUT2D eigenvalue weighted by Gasteiger charge is 2.28. The Morgan fingerprint density at radius 2 is 2.00 bits per heavy atom. The number of carbonyl (C=O) groups is 1. The Hall–Kier alpha value is -3.98. The van der Waals surface area contributed by atoms with E-state index in [1.165, 1.54) is 6.07 Å². The smallest absolute Gasteiger partial charge is 0.272 e. The number of carbonyl (C=O) groups excluding carboxylic acids is 1. The molecule has 1 unspecified atom stereocenters. The summed E-state index contributed by atoms with van der Waals surface area (Å²) in [7, 11) is 1.61. The number of fused-ring (bicyclic) bond motifs is 2. The number of hydrogen-bond acceptors (Lipinski definition) is 6. The van der Waals surface area contributed by atoms with E-state index in [1.54, 1.807) is 42.5 Å². The molecule has 0 spiro atoms. The summed E-state index contributed by atoms with van der Waals surface area (Å²) in [5.41, 5.74) is 2.66. The molecule has 1 atom stereocenters. The van der Waals surface area contributed by atoms with Crippen molar-refractivity contribution in [3.05, 3.63) is 98.7 Å². The van der Waals surface area contributed by atoms with Crippen LogP contribution in [0.1, 0.15) is 58.1 Å². The van der Waals surface area contributed by atoms with Crippen LogP contribution in [0.4, 0.5) is 4.39 Å². The first-order chi connectivity index (χ1) is 17.0. The molecule has 1 aliphatic rings. The minimum Gasteiger partial charge on any atom is -0.373 e. The molecule has 8 nitrogen and oxygen atoms in total. The summed E-state index contributed by atoms with van der Waals surface area (Å²) in [5, 5.41) is 7.95. The lowest BCUT2D eigenvalue weighted by Gasteiger charge is -2.16. The van der Waals surface area contributed by atoms with Crippen LogP contribution in [0, 0.1) is 5.82 Å². The Kier molecular flexibility index (Phi) is 6.08. The van der Waals surface area contributed by atoms with Crippen molar-refractivity contribution in [2.45, 2.75) is 39.0 Å². The molecule has 5 rings (SSSR count). The van der Waals surface area contributed by atoms with E-state index in [0.29, 0.717) is 35.4 Å². The van der Waals surface area contributed by atoms with Gasteiger partial charge >= 0.3 is 0 Å². The molecular formula is C26H24FN5O3. The van der Waals surface area contributed by atoms with Gasteiger partial charge in [0.2, 0.25) is 0 Å². The molecule has 1 N–H and O–H groups in total. The lowest BCUT2D eigenvalue weighted by atomic mass is 10.0. The van der Waals surface area contributed by atoms with Gasteiger partial charge in [0.25, 0.3) is 11.5 Å². The van der Waals surface area contributed by atoms with Crippen LogP contribution in [-0.4, -0.2) is 38.1 Å². The number of rotatable bonds is 6. The number of halogens is 1. The topological polar surface area (TPSA) is 101 Å². The fraction of sp³-hybridized carbons (Fsp3) is 0.269. The number of benzene rings is 2. The van der Waals surface area contributed by atoms with E-state index in [-0.39, 0.29) is 23.8 Å². The zero-order chi connectivity index (χ0) is 24.5. The van der Waals surface area contributed by atoms with Crippen LogP contribution in [0.15, 0.2) is 53.5 Å². The van der Waals surface area contributed by atoms with E-state index in [4.69, 9.17) is 4.74 Å². The van der Waals surface area contributed by atoms with Crippen molar-refractivity contribution >= 4 is 16.7 Å². The van der Waals surface area contributed by atoms with Gasteiger partial charge in [-0.1, -0.05) is 31.2 Å². The number of methoxy groups -OCH3 is 1. The maximum atomic E-state index is 14.8. The van der Waals surface area contributed by atoms with Gasteiger partial charge in [0.15, 0.2) is 5.82 Å². The second-order valence-corrected chi connectivity index (χ2v) is 8.53. The van der Waals surface area contributed by atoms with Gasteiger partial charge in [0, 0.05) is 37.2 Å². The summed E-state index contributed by atoms with van der Waals surface area (Å²) in [4.78, 5) is 35.9. The summed E-state index contributed by atoms with van der Waals surface area (Å²) < 4.78 is 20.2. The SMILES string of the molecule is CCC(OC)c1ncc2c(n1)CN(C(=O)c1cc(Cc3n[nH]c(=O)c4ccccc34)ccc1F)C2. The molecule has 0 fully saturated rings. The van der Waals surface area contributed by atoms with Crippen LogP contribution in [0.25, 0.3) is 10.8 Å². The highest BCUT2D eigenvalue weighted by Crippen LogP contribution is 2.26. The van der Waals surface area contributed by atoms with Crippen molar-refractivity contribution in [2.24, 2.45) is 0 Å². The van der Waals surface area contributed by atoms with Gasteiger partial charge in [-0.25, -0.2) is 19.5 Å². The number of hydrogen-bond donors (Lipinski definition) is 1. The summed E-state index contributed by atoms with van der Waals surface area (Å²) in [6.07, 6.45) is 2.57. The number of nitrogens with one attached hydrogen (secondary N) is 1. The average molecular weight is 474 g/mol. The van der Waals surface area contributed by atoms with Gasteiger partial charge in [0.05, 0.1) is 28.9 Å². The van der Waals surface area contributed by atoms with Crippen LogP contribution >= 0.6 is 0 Å². The monoisotopic (exact) mass is 473 g/mol. The van der Waals surface area contributed by atoms with Gasteiger partial charge in [0.1, 0.15) is 11.9 Å². The first-order valence-corrected chi connectivity index (χ1v) is 11.4. The number of H-pyrrole nitrogens is 1. The molecular weight excluding hydrogens is 449 g/mol. The molecule has 3 heterocycles. The van der Waals surface area contributed by atoms with Crippen molar-refractivity contribution in [1.29, 1.82) is 0 Å². The van der Waals surface area contributed by atoms with E-state index in [9.17, 15) is 14.0 Å². The zero-order valence-corrected chi connectivity index (χ0v) is 19.4. The van der Waals surface area contributed by atoms with E-state index in [2.05, 4.69) is 20.2 Å². The Bertz CT molecular complexity index is 1480. The van der Waals surface area contributed by atoms with Gasteiger partial charge in [-0.2, -0.15) is 5.10 Å². The molecule has 0 bridgehead atoms. The standard InChI is InChI=1S/C26H24FN5O3/c1-3-23(35-2)24-28-12-16-13-32(14-22(16)29-24)26(34)19-10-15(8-9-20(19)27)11-21-17-6-4-5-7-18(17)25(33)31-30-21/h4-10,12,23H,3,11,13-14H2,1-2H3,(H,31,33). The Morgan fingerprint density at radius 1 is 1.20 bits per heavy atom. The summed E-state index contributed by atoms with van der Waals surface area (Å²) in [5.74, 6) is -0.426. The molecule has 4 aromatic rings. The summed E-state index contributed by atoms with van der Waals surface area (Å²) >= 11 is 0. The predicted octanol–water partition coefficient (Wildman–Crippen LogP) is 3.70. The number of aromatic nitrogens is 4. The normalized spacial score (nSPS) is 13.7. The number of aromatic amines is 1. The minimum absolute atomic E-state index is 0.0134. The fourth-order valence-corrected chi connectivity index (χ4v) is 4.44. The quantitative estimate of drug-likeness (QED) is 0.458. The maximum absolute atomic E-state index is 14.8. The van der Waals surface area contributed by atoms with Crippen LogP contribution in [0.2, 0.25) is 0 Å². The predicted molar refractivity (Wildman–Crippen MR) is 127 cm³/mol. The molecule has 1 amide bonds. The molecule has 35 heavy (non-hydrogen) atoms. The van der Waals surface area contributed by atoms with Crippen LogP contribution in [-0.2, 0) is 24.2 Å². The van der Waals surface area contributed by atoms with Gasteiger partial charge < -0.3 is 9.64 Å². The van der Waals surface area contributed by atoms with Crippen LogP contribution < -0.4 is 5.56 Å². The second kappa shape index (κ2) is 9.34. The number of amides is 1. The third kappa shape index (κ3) is 4.30. The lowest BCUT2D eigenvalue weighted by molar-refractivity contribution is 0.0745. The Morgan fingerprint density at radius 3 is 2.77 bits per heavy atom. The Labute approximate surface area is 200 Å². The van der Waals surface area contributed by atoms with Crippen molar-refractivity contribution in [1.82, 2.24) is 25.1 Å². The third-order valence-electron chi connectivity index (χ3n) is 6.31. The molecule has 0 saturated carbocycles. The molecule has 0 aliphatic carbocycles. The number of nitrogens with zero attached hydrogens (tertiary/aromatic N) is 4. The molecule has 9 heteroatoms. The zero-order valence-electron chi connectivity index (χ0n) is 19.4. The van der Waals surface area contributed by atoms with Gasteiger partial charge in [-0.05, 0) is 30.2 Å². The molecule has 178 valence electrons. The van der Waals surface area contributed by atoms with Crippen LogP contribution in [0.5, 0.6) is 0 Å². The fourth-order valence-electron chi connectivity index (χ4n) is 4.44. The van der Waals surface area contributed by atoms with Crippen molar-refractivity contribution < 1.29 is 13.9 Å². The molecule has 0 radical (unpaired) electrons. The molecule has 0 saturated heterocycles.